The van der Waals surface area contributed by atoms with E-state index in [9.17, 15) is 53.3 Å². The lowest BCUT2D eigenvalue weighted by atomic mass is 9.90. The van der Waals surface area contributed by atoms with Gasteiger partial charge in [-0.05, 0) is 77.4 Å². The molecule has 0 unspecified atom stereocenters. The molecular formula is C88H169N2O17P. The minimum Gasteiger partial charge on any atom is -0.462 e. The third-order valence-electron chi connectivity index (χ3n) is 21.7. The van der Waals surface area contributed by atoms with Crippen molar-refractivity contribution in [3.05, 3.63) is 0 Å². The smallest absolute Gasteiger partial charge is 0.462 e. The molecule has 0 aliphatic carbocycles. The Morgan fingerprint density at radius 2 is 0.750 bits per heavy atom. The summed E-state index contributed by atoms with van der Waals surface area (Å²) in [6.45, 7) is 21.4. The van der Waals surface area contributed by atoms with Crippen molar-refractivity contribution >= 4 is 43.2 Å². The highest BCUT2D eigenvalue weighted by Gasteiger charge is 2.52. The Morgan fingerprint density at radius 1 is 0.398 bits per heavy atom. The van der Waals surface area contributed by atoms with Crippen LogP contribution in [-0.2, 0) is 61.5 Å². The number of unbranched alkanes of at least 4 members (excludes halogenated alkanes) is 42. The number of aliphatic hydroxyl groups is 2. The van der Waals surface area contributed by atoms with Crippen LogP contribution in [0.5, 0.6) is 0 Å². The number of Topliss-reactive ketones (excluding diaryl/α,β-unsaturated/α-hetero) is 2. The number of rotatable bonds is 77. The lowest BCUT2D eigenvalue weighted by molar-refractivity contribution is -0.271. The molecule has 1 fully saturated rings. The van der Waals surface area contributed by atoms with E-state index in [-0.39, 0.29) is 69.1 Å². The van der Waals surface area contributed by atoms with Crippen LogP contribution in [0.25, 0.3) is 0 Å². The summed E-state index contributed by atoms with van der Waals surface area (Å²) in [5, 5.41) is 24.7. The first kappa shape index (κ1) is 105. The molecule has 1 amide bonds. The maximum atomic E-state index is 14.8. The Bertz CT molecular complexity index is 2160. The van der Waals surface area contributed by atoms with Gasteiger partial charge >= 0.3 is 25.7 Å². The van der Waals surface area contributed by atoms with Gasteiger partial charge in [-0.1, -0.05) is 338 Å². The minimum atomic E-state index is -5.48. The first-order valence-electron chi connectivity index (χ1n) is 45.2. The van der Waals surface area contributed by atoms with Crippen LogP contribution < -0.4 is 5.32 Å². The van der Waals surface area contributed by atoms with E-state index in [1.165, 1.54) is 122 Å². The molecule has 0 spiro atoms. The predicted octanol–water partition coefficient (Wildman–Crippen LogP) is 21.9. The number of carbonyl (C=O) groups excluding carboxylic acids is 6. The van der Waals surface area contributed by atoms with Crippen molar-refractivity contribution < 1.29 is 81.5 Å². The van der Waals surface area contributed by atoms with Crippen molar-refractivity contribution in [3.63, 3.8) is 0 Å². The molecule has 638 valence electrons. The van der Waals surface area contributed by atoms with E-state index in [0.717, 1.165) is 173 Å². The lowest BCUT2D eigenvalue weighted by Crippen LogP contribution is -2.66. The number of aliphatic hydroxyl groups excluding tert-OH is 2. The highest BCUT2D eigenvalue weighted by Crippen LogP contribution is 2.43. The van der Waals surface area contributed by atoms with Crippen molar-refractivity contribution in [2.75, 3.05) is 39.5 Å². The highest BCUT2D eigenvalue weighted by atomic mass is 31.2. The lowest BCUT2D eigenvalue weighted by Gasteiger charge is -2.45. The average molecular weight is 1560 g/mol. The first-order valence-corrected chi connectivity index (χ1v) is 46.8. The van der Waals surface area contributed by atoms with E-state index in [2.05, 4.69) is 72.5 Å². The Morgan fingerprint density at radius 3 is 1.10 bits per heavy atom. The molecule has 0 aromatic rings. The molecule has 0 aromatic heterocycles. The van der Waals surface area contributed by atoms with Crippen LogP contribution in [-0.4, -0.2) is 143 Å². The molecule has 20 heteroatoms. The molecule has 0 radical (unpaired) electrons. The van der Waals surface area contributed by atoms with E-state index >= 15 is 0 Å². The van der Waals surface area contributed by atoms with Gasteiger partial charge in [-0.25, -0.2) is 4.57 Å². The average Bonchev–Trinajstić information content (AvgIpc) is 0.780. The van der Waals surface area contributed by atoms with Crippen LogP contribution in [0.15, 0.2) is 0 Å². The van der Waals surface area contributed by atoms with Gasteiger partial charge in [0.2, 0.25) is 5.91 Å². The molecule has 1 saturated heterocycles. The zero-order valence-corrected chi connectivity index (χ0v) is 71.8. The first-order chi connectivity index (χ1) is 52.3. The van der Waals surface area contributed by atoms with Crippen molar-refractivity contribution in [2.24, 2.45) is 11.8 Å². The van der Waals surface area contributed by atoms with Crippen LogP contribution in [0.3, 0.4) is 0 Å². The van der Waals surface area contributed by atoms with E-state index in [4.69, 9.17) is 28.2 Å². The van der Waals surface area contributed by atoms with Gasteiger partial charge in [0.1, 0.15) is 42.0 Å². The SMILES string of the molecule is CCCCCCCCCCC[C@H](CC(=O)N[C@H]1[C@H](OCC[C@@H](CO)C(=O)C[C@@H](CCCCCCCCCCC)OC(=O)CCCCCCCCC)O[C@H](CO)[C@@H](OP(=O)(O)O)[C@@H]1OC(=O)C[C@@H](CCCCCCCCCCC)C(=O)CCCCCCCCC)OC(=O)CCCCCCCCC.CCN(CC)CC. The van der Waals surface area contributed by atoms with Crippen LogP contribution in [0, 0.1) is 11.8 Å². The highest BCUT2D eigenvalue weighted by molar-refractivity contribution is 7.46. The summed E-state index contributed by atoms with van der Waals surface area (Å²) < 4.78 is 49.5. The van der Waals surface area contributed by atoms with E-state index in [1.807, 2.05) is 0 Å². The second-order valence-corrected chi connectivity index (χ2v) is 32.6. The summed E-state index contributed by atoms with van der Waals surface area (Å²) in [7, 11) is -5.48. The number of amides is 1. The molecule has 9 atom stereocenters. The van der Waals surface area contributed by atoms with Crippen LogP contribution in [0.1, 0.15) is 435 Å². The third-order valence-corrected chi connectivity index (χ3v) is 22.2. The Hall–Kier alpha value is -2.87. The van der Waals surface area contributed by atoms with Gasteiger partial charge in [-0.3, -0.25) is 33.3 Å². The summed E-state index contributed by atoms with van der Waals surface area (Å²) in [5.41, 5.74) is 0. The second kappa shape index (κ2) is 74.3. The number of ether oxygens (including phenoxy) is 5. The predicted molar refractivity (Wildman–Crippen MR) is 440 cm³/mol. The summed E-state index contributed by atoms with van der Waals surface area (Å²) in [4.78, 5) is 108. The van der Waals surface area contributed by atoms with Gasteiger partial charge in [-0.2, -0.15) is 0 Å². The van der Waals surface area contributed by atoms with Crippen molar-refractivity contribution in [3.8, 4) is 0 Å². The quantitative estimate of drug-likeness (QED) is 0.0164. The number of phosphoric acid groups is 1. The molecule has 1 heterocycles. The molecule has 1 aliphatic heterocycles. The summed E-state index contributed by atoms with van der Waals surface area (Å²) in [6.07, 6.45) is 42.8. The monoisotopic (exact) mass is 1560 g/mol. The minimum absolute atomic E-state index is 0.0756. The fourth-order valence-electron chi connectivity index (χ4n) is 14.6. The molecule has 19 nitrogen and oxygen atoms in total. The number of hydrogen-bond acceptors (Lipinski definition) is 16. The molecular weight excluding hydrogens is 1390 g/mol. The number of nitrogens with one attached hydrogen (secondary N) is 1. The molecule has 1 rings (SSSR count). The zero-order valence-electron chi connectivity index (χ0n) is 70.9. The number of hydrogen-bond donors (Lipinski definition) is 5. The molecule has 0 aromatic carbocycles. The van der Waals surface area contributed by atoms with Crippen LogP contribution in [0.2, 0.25) is 0 Å². The largest absolute Gasteiger partial charge is 0.470 e. The Kier molecular flexibility index (Phi) is 72.3. The number of ketones is 2. The van der Waals surface area contributed by atoms with E-state index < -0.39 is 93.6 Å². The van der Waals surface area contributed by atoms with Gasteiger partial charge in [-0.15, -0.1) is 0 Å². The van der Waals surface area contributed by atoms with Crippen LogP contribution in [0.4, 0.5) is 0 Å². The number of nitrogens with zero attached hydrogens (tertiary/aromatic N) is 1. The number of carbonyl (C=O) groups is 6. The van der Waals surface area contributed by atoms with E-state index in [1.54, 1.807) is 0 Å². The third kappa shape index (κ3) is 59.8. The molecule has 0 saturated carbocycles. The normalized spacial score (nSPS) is 17.0. The maximum absolute atomic E-state index is 14.8. The Labute approximate surface area is 660 Å². The topological polar surface area (TPSA) is 271 Å². The fourth-order valence-corrected chi connectivity index (χ4v) is 15.2. The molecule has 1 aliphatic rings. The van der Waals surface area contributed by atoms with Crippen molar-refractivity contribution in [1.82, 2.24) is 10.2 Å². The molecule has 108 heavy (non-hydrogen) atoms. The zero-order chi connectivity index (χ0) is 79.9. The van der Waals surface area contributed by atoms with Gasteiger partial charge in [0.15, 0.2) is 12.4 Å². The summed E-state index contributed by atoms with van der Waals surface area (Å²) in [6, 6.07) is -1.60. The molecule has 0 bridgehead atoms. The summed E-state index contributed by atoms with van der Waals surface area (Å²) >= 11 is 0. The van der Waals surface area contributed by atoms with Gasteiger partial charge < -0.3 is 53.9 Å². The molecule has 5 N–H and O–H groups in total. The standard InChI is InChI=1S/C82H154NO17P.C6H15N/c1-7-13-19-25-31-34-40-43-49-55-68(72(86)58-52-46-37-28-22-16-10-4)63-78(91)99-81-79(83-75(88)65-71(57-51-45-42-36-33-27-21-15-9-3)97-77(90)60-54-48-39-30-24-18-12-6)82(98-74(67-85)80(81)100-101(92,93)94)95-62-61-69(66-84)73(87)64-70(56-50-44-41-35-32-26-20-14-8-2)96-76(89)59-53-47-38-29-23-17-11-5;1-4-7(5-2)6-3/h68-71,74,79-82,84-85H,7-67H2,1-6H3,(H,83,88)(H2,92,93,94);4-6H2,1-3H3/t68-,69+,70-,71-,74-,79-,80-,81-,82-;/m1./s1. The second-order valence-electron chi connectivity index (χ2n) is 31.4. The van der Waals surface area contributed by atoms with Crippen molar-refractivity contribution in [2.45, 2.75) is 478 Å². The van der Waals surface area contributed by atoms with E-state index in [0.29, 0.717) is 51.4 Å². The van der Waals surface area contributed by atoms with Gasteiger partial charge in [0.25, 0.3) is 0 Å². The maximum Gasteiger partial charge on any atom is 0.470 e. The number of esters is 3. The van der Waals surface area contributed by atoms with Gasteiger partial charge in [0.05, 0.1) is 32.7 Å². The Balaban J connectivity index is 0.0000155. The van der Waals surface area contributed by atoms with Crippen LogP contribution >= 0.6 is 7.82 Å². The van der Waals surface area contributed by atoms with Gasteiger partial charge in [0, 0.05) is 37.5 Å². The fraction of sp³-hybridized carbons (Fsp3) is 0.932. The summed E-state index contributed by atoms with van der Waals surface area (Å²) in [5.74, 6) is -4.51. The van der Waals surface area contributed by atoms with Crippen molar-refractivity contribution in [1.29, 1.82) is 0 Å². The number of phosphoric ester groups is 1.